The lowest BCUT2D eigenvalue weighted by atomic mass is 9.77. The highest BCUT2D eigenvalue weighted by Crippen LogP contribution is 2.36. The average molecular weight is 493 g/mol. The summed E-state index contributed by atoms with van der Waals surface area (Å²) < 4.78 is 6.20. The van der Waals surface area contributed by atoms with Crippen LogP contribution in [0, 0.1) is 11.8 Å². The van der Waals surface area contributed by atoms with Crippen LogP contribution in [-0.2, 0) is 6.42 Å². The minimum Gasteiger partial charge on any atom is -0.493 e. The van der Waals surface area contributed by atoms with Crippen molar-refractivity contribution in [2.24, 2.45) is 11.8 Å². The minimum atomic E-state index is 0.777. The van der Waals surface area contributed by atoms with Crippen LogP contribution in [0.5, 0.6) is 5.75 Å². The number of hydrogen-bond acceptors (Lipinski definition) is 3. The Balaban J connectivity index is 1.43. The van der Waals surface area contributed by atoms with E-state index in [0.29, 0.717) is 0 Å². The molecule has 3 heteroatoms. The Morgan fingerprint density at radius 3 is 2.14 bits per heavy atom. The van der Waals surface area contributed by atoms with Gasteiger partial charge in [-0.25, -0.2) is 9.97 Å². The third-order valence-corrected chi connectivity index (χ3v) is 8.19. The topological polar surface area (TPSA) is 35.0 Å². The van der Waals surface area contributed by atoms with Crippen LogP contribution >= 0.6 is 0 Å². The number of nitrogens with zero attached hydrogens (tertiary/aromatic N) is 2. The summed E-state index contributed by atoms with van der Waals surface area (Å²) in [5, 5.41) is 0. The quantitative estimate of drug-likeness (QED) is 0.194. The van der Waals surface area contributed by atoms with Crippen molar-refractivity contribution >= 4 is 0 Å². The number of hydrogen-bond donors (Lipinski definition) is 0. The molecule has 200 valence electrons. The van der Waals surface area contributed by atoms with Crippen LogP contribution in [0.3, 0.4) is 0 Å². The summed E-state index contributed by atoms with van der Waals surface area (Å²) in [7, 11) is 0. The number of rotatable bonds is 18. The van der Waals surface area contributed by atoms with Crippen molar-refractivity contribution in [1.82, 2.24) is 9.97 Å². The number of aromatic nitrogens is 2. The van der Waals surface area contributed by atoms with Crippen LogP contribution in [-0.4, -0.2) is 16.6 Å². The van der Waals surface area contributed by atoms with Gasteiger partial charge in [0.05, 0.1) is 12.3 Å². The van der Waals surface area contributed by atoms with E-state index < -0.39 is 0 Å². The van der Waals surface area contributed by atoms with Gasteiger partial charge >= 0.3 is 0 Å². The molecule has 36 heavy (non-hydrogen) atoms. The number of ether oxygens (including phenoxy) is 1. The van der Waals surface area contributed by atoms with Crippen LogP contribution in [0.15, 0.2) is 36.8 Å². The molecule has 0 amide bonds. The number of aryl methyl sites for hydroxylation is 1. The van der Waals surface area contributed by atoms with Crippen molar-refractivity contribution in [3.63, 3.8) is 0 Å². The molecule has 3 rings (SSSR count). The van der Waals surface area contributed by atoms with Gasteiger partial charge in [0.1, 0.15) is 12.1 Å². The third-order valence-electron chi connectivity index (χ3n) is 8.19. The molecule has 1 aliphatic carbocycles. The summed E-state index contributed by atoms with van der Waals surface area (Å²) >= 11 is 0. The second kappa shape index (κ2) is 17.5. The number of benzene rings is 1. The monoisotopic (exact) mass is 492 g/mol. The maximum atomic E-state index is 6.20. The van der Waals surface area contributed by atoms with Crippen LogP contribution in [0.1, 0.15) is 129 Å². The van der Waals surface area contributed by atoms with Gasteiger partial charge in [0.2, 0.25) is 0 Å². The molecule has 0 atom stereocenters. The maximum absolute atomic E-state index is 6.20. The molecule has 1 fully saturated rings. The summed E-state index contributed by atoms with van der Waals surface area (Å²) in [6.07, 6.45) is 28.1. The van der Waals surface area contributed by atoms with Gasteiger partial charge in [0.25, 0.3) is 0 Å². The summed E-state index contributed by atoms with van der Waals surface area (Å²) in [6.45, 7) is 5.32. The van der Waals surface area contributed by atoms with E-state index in [1.54, 1.807) is 6.33 Å². The second-order valence-electron chi connectivity index (χ2n) is 11.1. The van der Waals surface area contributed by atoms with E-state index in [1.807, 2.05) is 6.20 Å². The van der Waals surface area contributed by atoms with E-state index >= 15 is 0 Å². The Labute approximate surface area is 221 Å². The average Bonchev–Trinajstić information content (AvgIpc) is 2.92. The van der Waals surface area contributed by atoms with Crippen LogP contribution < -0.4 is 4.74 Å². The van der Waals surface area contributed by atoms with Gasteiger partial charge in [-0.1, -0.05) is 122 Å². The van der Waals surface area contributed by atoms with E-state index in [1.165, 1.54) is 108 Å². The predicted molar refractivity (Wildman–Crippen MR) is 153 cm³/mol. The fraction of sp³-hybridized carbons (Fsp3) is 0.697. The number of unbranched alkanes of at least 4 members (excludes halogenated alkanes) is 9. The Morgan fingerprint density at radius 2 is 1.39 bits per heavy atom. The summed E-state index contributed by atoms with van der Waals surface area (Å²) in [6, 6.07) is 8.41. The molecule has 0 saturated heterocycles. The molecule has 3 nitrogen and oxygen atoms in total. The molecule has 1 saturated carbocycles. The molecule has 0 bridgehead atoms. The van der Waals surface area contributed by atoms with Gasteiger partial charge in [-0.15, -0.1) is 0 Å². The van der Waals surface area contributed by atoms with Gasteiger partial charge in [0, 0.05) is 11.8 Å². The van der Waals surface area contributed by atoms with Crippen LogP contribution in [0.2, 0.25) is 0 Å². The van der Waals surface area contributed by atoms with E-state index in [9.17, 15) is 0 Å². The Hall–Kier alpha value is -1.90. The molecule has 0 unspecified atom stereocenters. The second-order valence-corrected chi connectivity index (χ2v) is 11.1. The highest BCUT2D eigenvalue weighted by atomic mass is 16.5. The zero-order valence-electron chi connectivity index (χ0n) is 23.4. The van der Waals surface area contributed by atoms with Crippen molar-refractivity contribution < 1.29 is 4.74 Å². The molecule has 1 aliphatic rings. The number of para-hydroxylation sites is 1. The largest absolute Gasteiger partial charge is 0.493 e. The minimum absolute atomic E-state index is 0.777. The Bertz CT molecular complexity index is 828. The van der Waals surface area contributed by atoms with Gasteiger partial charge < -0.3 is 4.74 Å². The molecular weight excluding hydrogens is 440 g/mol. The predicted octanol–water partition coefficient (Wildman–Crippen LogP) is 9.98. The van der Waals surface area contributed by atoms with Gasteiger partial charge in [-0.2, -0.15) is 0 Å². The van der Waals surface area contributed by atoms with Crippen LogP contribution in [0.4, 0.5) is 0 Å². The van der Waals surface area contributed by atoms with Crippen LogP contribution in [0.25, 0.3) is 11.3 Å². The zero-order valence-corrected chi connectivity index (χ0v) is 23.4. The van der Waals surface area contributed by atoms with Gasteiger partial charge in [0.15, 0.2) is 0 Å². The van der Waals surface area contributed by atoms with E-state index in [-0.39, 0.29) is 0 Å². The molecular formula is C33H52N2O. The molecule has 1 aromatic heterocycles. The van der Waals surface area contributed by atoms with Crippen molar-refractivity contribution in [2.75, 3.05) is 6.61 Å². The van der Waals surface area contributed by atoms with Crippen molar-refractivity contribution in [1.29, 1.82) is 0 Å². The van der Waals surface area contributed by atoms with E-state index in [4.69, 9.17) is 9.72 Å². The van der Waals surface area contributed by atoms with Crippen molar-refractivity contribution in [3.05, 3.63) is 42.4 Å². The first kappa shape index (κ1) is 28.7. The zero-order chi connectivity index (χ0) is 25.3. The fourth-order valence-electron chi connectivity index (χ4n) is 5.84. The standard InChI is InChI=1S/C33H52N2O/c1-3-5-7-9-10-11-12-16-28-19-21-29(22-20-28)23-24-30-26-34-27-35-33(30)31-17-13-14-18-32(31)36-25-15-8-6-4-2/h13-14,17-18,26-29H,3-12,15-16,19-25H2,1-2H3. The molecule has 0 aliphatic heterocycles. The Kier molecular flexibility index (Phi) is 14.0. The maximum Gasteiger partial charge on any atom is 0.128 e. The first-order valence-corrected chi connectivity index (χ1v) is 15.3. The van der Waals surface area contributed by atoms with E-state index in [2.05, 4.69) is 43.1 Å². The molecule has 1 heterocycles. The van der Waals surface area contributed by atoms with Crippen molar-refractivity contribution in [2.45, 2.75) is 129 Å². The first-order chi connectivity index (χ1) is 17.8. The normalized spacial score (nSPS) is 17.8. The highest BCUT2D eigenvalue weighted by molar-refractivity contribution is 5.69. The smallest absolute Gasteiger partial charge is 0.128 e. The SMILES string of the molecule is CCCCCCCCCC1CCC(CCc2cncnc2-c2ccccc2OCCCCCC)CC1. The first-order valence-electron chi connectivity index (χ1n) is 15.3. The summed E-state index contributed by atoms with van der Waals surface area (Å²) in [5.74, 6) is 2.79. The lowest BCUT2D eigenvalue weighted by molar-refractivity contribution is 0.248. The lowest BCUT2D eigenvalue weighted by Crippen LogP contribution is -2.15. The molecule has 2 aromatic rings. The Morgan fingerprint density at radius 1 is 0.750 bits per heavy atom. The summed E-state index contributed by atoms with van der Waals surface area (Å²) in [4.78, 5) is 9.10. The fourth-order valence-corrected chi connectivity index (χ4v) is 5.84. The summed E-state index contributed by atoms with van der Waals surface area (Å²) in [5.41, 5.74) is 3.44. The van der Waals surface area contributed by atoms with E-state index in [0.717, 1.165) is 48.3 Å². The van der Waals surface area contributed by atoms with Gasteiger partial charge in [-0.3, -0.25) is 0 Å². The van der Waals surface area contributed by atoms with Gasteiger partial charge in [-0.05, 0) is 48.8 Å². The molecule has 0 radical (unpaired) electrons. The lowest BCUT2D eigenvalue weighted by Gasteiger charge is -2.28. The molecule has 0 spiro atoms. The highest BCUT2D eigenvalue weighted by Gasteiger charge is 2.21. The van der Waals surface area contributed by atoms with Crippen molar-refractivity contribution in [3.8, 4) is 17.0 Å². The third kappa shape index (κ3) is 10.2. The molecule has 1 aromatic carbocycles. The molecule has 0 N–H and O–H groups in total.